The molecule has 1 amide bonds. The quantitative estimate of drug-likeness (QED) is 0.288. The minimum absolute atomic E-state index is 0.117. The number of allylic oxidation sites excluding steroid dienone is 1. The van der Waals surface area contributed by atoms with Crippen molar-refractivity contribution in [3.63, 3.8) is 0 Å². The van der Waals surface area contributed by atoms with E-state index in [4.69, 9.17) is 5.26 Å². The van der Waals surface area contributed by atoms with Gasteiger partial charge in [-0.3, -0.25) is 24.5 Å². The standard InChI is InChI=1S/C31H25N5O2/c32-21-25-6-8-27(9-7-25)28(37)18-29-35-31(19-23-10-14-33-15-11-23,20-24-12-16-34-17-13-24)30(38)36(29)22-26-4-2-1-3-5-26/h1-18,35H,19-20,22H2/b29-18+. The fourth-order valence-electron chi connectivity index (χ4n) is 4.69. The van der Waals surface area contributed by atoms with Crippen LogP contribution < -0.4 is 5.32 Å². The largest absolute Gasteiger partial charge is 0.357 e. The predicted octanol–water partition coefficient (Wildman–Crippen LogP) is 4.23. The van der Waals surface area contributed by atoms with E-state index in [1.807, 2.05) is 54.6 Å². The van der Waals surface area contributed by atoms with Crippen LogP contribution in [0.25, 0.3) is 0 Å². The zero-order valence-corrected chi connectivity index (χ0v) is 20.6. The van der Waals surface area contributed by atoms with Gasteiger partial charge in [-0.25, -0.2) is 0 Å². The second-order valence-corrected chi connectivity index (χ2v) is 9.23. The van der Waals surface area contributed by atoms with E-state index in [0.29, 0.717) is 36.3 Å². The first-order valence-corrected chi connectivity index (χ1v) is 12.2. The maximum atomic E-state index is 14.3. The molecular weight excluding hydrogens is 474 g/mol. The number of nitriles is 1. The van der Waals surface area contributed by atoms with Crippen LogP contribution in [-0.4, -0.2) is 32.1 Å². The lowest BCUT2D eigenvalue weighted by Crippen LogP contribution is -2.50. The number of carbonyl (C=O) groups is 2. The van der Waals surface area contributed by atoms with Crippen molar-refractivity contribution in [3.8, 4) is 6.07 Å². The summed E-state index contributed by atoms with van der Waals surface area (Å²) in [6.45, 7) is 0.313. The maximum Gasteiger partial charge on any atom is 0.254 e. The maximum absolute atomic E-state index is 14.3. The molecule has 1 N–H and O–H groups in total. The van der Waals surface area contributed by atoms with Crippen molar-refractivity contribution in [2.75, 3.05) is 0 Å². The number of aromatic nitrogens is 2. The van der Waals surface area contributed by atoms with Crippen LogP contribution in [0.15, 0.2) is 116 Å². The fourth-order valence-corrected chi connectivity index (χ4v) is 4.69. The summed E-state index contributed by atoms with van der Waals surface area (Å²) < 4.78 is 0. The first-order chi connectivity index (χ1) is 18.6. The minimum Gasteiger partial charge on any atom is -0.357 e. The van der Waals surface area contributed by atoms with Crippen LogP contribution in [0.4, 0.5) is 0 Å². The first-order valence-electron chi connectivity index (χ1n) is 12.2. The highest BCUT2D eigenvalue weighted by molar-refractivity contribution is 6.06. The summed E-state index contributed by atoms with van der Waals surface area (Å²) in [7, 11) is 0. The second-order valence-electron chi connectivity index (χ2n) is 9.23. The van der Waals surface area contributed by atoms with Crippen molar-refractivity contribution >= 4 is 11.7 Å². The predicted molar refractivity (Wildman–Crippen MR) is 142 cm³/mol. The Morgan fingerprint density at radius 3 is 1.97 bits per heavy atom. The first kappa shape index (κ1) is 24.6. The topological polar surface area (TPSA) is 99.0 Å². The van der Waals surface area contributed by atoms with Gasteiger partial charge < -0.3 is 5.32 Å². The highest BCUT2D eigenvalue weighted by atomic mass is 16.2. The Bertz CT molecular complexity index is 1450. The van der Waals surface area contributed by atoms with E-state index >= 15 is 0 Å². The van der Waals surface area contributed by atoms with E-state index in [0.717, 1.165) is 16.7 Å². The summed E-state index contributed by atoms with van der Waals surface area (Å²) in [6.07, 6.45) is 9.13. The third-order valence-electron chi connectivity index (χ3n) is 6.57. The molecule has 0 radical (unpaired) electrons. The lowest BCUT2D eigenvalue weighted by Gasteiger charge is -2.28. The fraction of sp³-hybridized carbons (Fsp3) is 0.129. The summed E-state index contributed by atoms with van der Waals surface area (Å²) in [5.41, 5.74) is 2.74. The monoisotopic (exact) mass is 499 g/mol. The van der Waals surface area contributed by atoms with E-state index in [9.17, 15) is 9.59 Å². The molecule has 0 aliphatic carbocycles. The van der Waals surface area contributed by atoms with Crippen LogP contribution >= 0.6 is 0 Å². The molecule has 1 fully saturated rings. The van der Waals surface area contributed by atoms with Crippen molar-refractivity contribution in [1.82, 2.24) is 20.2 Å². The van der Waals surface area contributed by atoms with Crippen LogP contribution in [0, 0.1) is 11.3 Å². The molecule has 1 aliphatic rings. The van der Waals surface area contributed by atoms with E-state index in [1.165, 1.54) is 6.08 Å². The van der Waals surface area contributed by atoms with E-state index in [1.54, 1.807) is 54.0 Å². The van der Waals surface area contributed by atoms with Crippen molar-refractivity contribution in [3.05, 3.63) is 143 Å². The number of hydrogen-bond acceptors (Lipinski definition) is 6. The van der Waals surface area contributed by atoms with Crippen molar-refractivity contribution in [1.29, 1.82) is 5.26 Å². The Morgan fingerprint density at radius 2 is 1.42 bits per heavy atom. The number of amides is 1. The van der Waals surface area contributed by atoms with Gasteiger partial charge >= 0.3 is 0 Å². The van der Waals surface area contributed by atoms with Crippen LogP contribution in [0.1, 0.15) is 32.6 Å². The molecule has 0 saturated carbocycles. The van der Waals surface area contributed by atoms with Crippen LogP contribution in [0.2, 0.25) is 0 Å². The molecule has 186 valence electrons. The molecule has 0 spiro atoms. The molecule has 0 bridgehead atoms. The molecule has 7 heteroatoms. The average molecular weight is 500 g/mol. The number of ketones is 1. The number of nitrogens with one attached hydrogen (secondary N) is 1. The van der Waals surface area contributed by atoms with E-state index < -0.39 is 5.54 Å². The van der Waals surface area contributed by atoms with Gasteiger partial charge in [0.15, 0.2) is 5.78 Å². The van der Waals surface area contributed by atoms with Crippen molar-refractivity contribution in [2.24, 2.45) is 0 Å². The van der Waals surface area contributed by atoms with Crippen LogP contribution in [0.5, 0.6) is 0 Å². The molecule has 0 unspecified atom stereocenters. The Hall–Kier alpha value is -5.09. The summed E-state index contributed by atoms with van der Waals surface area (Å²) >= 11 is 0. The summed E-state index contributed by atoms with van der Waals surface area (Å²) in [4.78, 5) is 37.5. The Labute approximate surface area is 221 Å². The molecule has 1 aliphatic heterocycles. The zero-order chi connectivity index (χ0) is 26.4. The van der Waals surface area contributed by atoms with Crippen molar-refractivity contribution in [2.45, 2.75) is 24.9 Å². The van der Waals surface area contributed by atoms with Gasteiger partial charge in [0.05, 0.1) is 18.2 Å². The van der Waals surface area contributed by atoms with Crippen LogP contribution in [0.3, 0.4) is 0 Å². The Balaban J connectivity index is 1.56. The molecule has 1 saturated heterocycles. The highest BCUT2D eigenvalue weighted by Gasteiger charge is 2.49. The van der Waals surface area contributed by atoms with Gasteiger partial charge in [-0.05, 0) is 65.2 Å². The van der Waals surface area contributed by atoms with Gasteiger partial charge in [0, 0.05) is 49.3 Å². The van der Waals surface area contributed by atoms with Gasteiger partial charge in [0.1, 0.15) is 11.4 Å². The smallest absolute Gasteiger partial charge is 0.254 e. The van der Waals surface area contributed by atoms with Gasteiger partial charge in [0.2, 0.25) is 0 Å². The van der Waals surface area contributed by atoms with E-state index in [-0.39, 0.29) is 11.7 Å². The lowest BCUT2D eigenvalue weighted by molar-refractivity contribution is -0.132. The Morgan fingerprint density at radius 1 is 0.842 bits per heavy atom. The summed E-state index contributed by atoms with van der Waals surface area (Å²) in [6, 6.07) is 25.8. The van der Waals surface area contributed by atoms with Gasteiger partial charge in [-0.2, -0.15) is 5.26 Å². The average Bonchev–Trinajstić information content (AvgIpc) is 3.19. The summed E-state index contributed by atoms with van der Waals surface area (Å²) in [5.74, 6) is 0.0663. The van der Waals surface area contributed by atoms with Gasteiger partial charge in [-0.1, -0.05) is 30.3 Å². The third kappa shape index (κ3) is 5.35. The number of nitrogens with zero attached hydrogens (tertiary/aromatic N) is 4. The molecule has 5 rings (SSSR count). The summed E-state index contributed by atoms with van der Waals surface area (Å²) in [5, 5.41) is 12.6. The molecule has 4 aromatic rings. The SMILES string of the molecule is N#Cc1ccc(C(=O)/C=C2\NC(Cc3ccncc3)(Cc3ccncc3)C(=O)N2Cc2ccccc2)cc1. The molecule has 3 heterocycles. The highest BCUT2D eigenvalue weighted by Crippen LogP contribution is 2.32. The van der Waals surface area contributed by atoms with Crippen molar-refractivity contribution < 1.29 is 9.59 Å². The molecule has 0 atom stereocenters. The molecule has 38 heavy (non-hydrogen) atoms. The minimum atomic E-state index is -1.02. The number of benzene rings is 2. The number of carbonyl (C=O) groups excluding carboxylic acids is 2. The molecule has 7 nitrogen and oxygen atoms in total. The molecule has 2 aromatic carbocycles. The number of pyridine rings is 2. The number of hydrogen-bond donors (Lipinski definition) is 1. The Kier molecular flexibility index (Phi) is 7.05. The molecule has 2 aromatic heterocycles. The zero-order valence-electron chi connectivity index (χ0n) is 20.6. The third-order valence-corrected chi connectivity index (χ3v) is 6.57. The normalized spacial score (nSPS) is 15.2. The van der Waals surface area contributed by atoms with Crippen LogP contribution in [-0.2, 0) is 24.2 Å². The number of rotatable bonds is 8. The second kappa shape index (κ2) is 10.9. The van der Waals surface area contributed by atoms with Gasteiger partial charge in [-0.15, -0.1) is 0 Å². The lowest BCUT2D eigenvalue weighted by atomic mass is 9.85. The van der Waals surface area contributed by atoms with E-state index in [2.05, 4.69) is 21.4 Å². The van der Waals surface area contributed by atoms with Gasteiger partial charge in [0.25, 0.3) is 5.91 Å². The molecular formula is C31H25N5O2.